The van der Waals surface area contributed by atoms with Gasteiger partial charge in [0.05, 0.1) is 31.1 Å². The predicted octanol–water partition coefficient (Wildman–Crippen LogP) is 4.78. The standard InChI is InChI=1S/C27H26N4O3/c1-2-34-24-12-10-19-6-3-4-9-22(19)26(24)27(32)28-21-8-5-7-20(18-21)23-11-13-25(30-29-23)31-14-16-33-17-15-31/h3-13,18H,2,14-17H2,1H3,(H,28,32). The van der Waals surface area contributed by atoms with E-state index in [2.05, 4.69) is 20.4 Å². The molecule has 1 aromatic heterocycles. The van der Waals surface area contributed by atoms with Crippen LogP contribution in [-0.2, 0) is 4.74 Å². The number of carbonyl (C=O) groups excluding carboxylic acids is 1. The SMILES string of the molecule is CCOc1ccc2ccccc2c1C(=O)Nc1cccc(-c2ccc(N3CCOCC3)nn2)c1. The van der Waals surface area contributed by atoms with Crippen LogP contribution < -0.4 is 15.0 Å². The Bertz CT molecular complexity index is 1300. The first-order valence-electron chi connectivity index (χ1n) is 11.5. The van der Waals surface area contributed by atoms with Gasteiger partial charge < -0.3 is 19.7 Å². The molecule has 1 aliphatic heterocycles. The number of rotatable bonds is 6. The number of carbonyl (C=O) groups is 1. The van der Waals surface area contributed by atoms with Crippen LogP contribution in [0.5, 0.6) is 5.75 Å². The minimum absolute atomic E-state index is 0.217. The summed E-state index contributed by atoms with van der Waals surface area (Å²) >= 11 is 0. The summed E-state index contributed by atoms with van der Waals surface area (Å²) in [6, 6.07) is 23.2. The third-order valence-corrected chi connectivity index (χ3v) is 5.82. The summed E-state index contributed by atoms with van der Waals surface area (Å²) in [5, 5.41) is 13.7. The summed E-state index contributed by atoms with van der Waals surface area (Å²) in [4.78, 5) is 15.5. The topological polar surface area (TPSA) is 76.6 Å². The number of aromatic nitrogens is 2. The van der Waals surface area contributed by atoms with Gasteiger partial charge in [-0.15, -0.1) is 10.2 Å². The predicted molar refractivity (Wildman–Crippen MR) is 134 cm³/mol. The molecule has 0 unspecified atom stereocenters. The maximum atomic E-state index is 13.4. The molecule has 0 aliphatic carbocycles. The summed E-state index contributed by atoms with van der Waals surface area (Å²) in [7, 11) is 0. The molecule has 34 heavy (non-hydrogen) atoms. The third kappa shape index (κ3) is 4.56. The Hall–Kier alpha value is -3.97. The first-order chi connectivity index (χ1) is 16.7. The second kappa shape index (κ2) is 9.89. The van der Waals surface area contributed by atoms with Crippen molar-refractivity contribution in [2.75, 3.05) is 43.1 Å². The van der Waals surface area contributed by atoms with E-state index in [1.807, 2.05) is 79.7 Å². The van der Waals surface area contributed by atoms with Gasteiger partial charge in [-0.25, -0.2) is 0 Å². The third-order valence-electron chi connectivity index (χ3n) is 5.82. The fourth-order valence-electron chi connectivity index (χ4n) is 4.15. The number of amides is 1. The lowest BCUT2D eigenvalue weighted by Gasteiger charge is -2.27. The molecule has 3 aromatic carbocycles. The van der Waals surface area contributed by atoms with Crippen molar-refractivity contribution < 1.29 is 14.3 Å². The van der Waals surface area contributed by atoms with E-state index in [-0.39, 0.29) is 5.91 Å². The molecule has 7 heteroatoms. The van der Waals surface area contributed by atoms with Crippen molar-refractivity contribution in [1.29, 1.82) is 0 Å². The molecule has 172 valence electrons. The Kier molecular flexibility index (Phi) is 6.35. The maximum absolute atomic E-state index is 13.4. The number of benzene rings is 3. The number of nitrogens with zero attached hydrogens (tertiary/aromatic N) is 3. The molecule has 2 heterocycles. The first kappa shape index (κ1) is 21.9. The summed E-state index contributed by atoms with van der Waals surface area (Å²) in [6.45, 7) is 5.42. The van der Waals surface area contributed by atoms with Crippen LogP contribution in [0, 0.1) is 0 Å². The van der Waals surface area contributed by atoms with Crippen LogP contribution in [0.4, 0.5) is 11.5 Å². The molecule has 4 aromatic rings. The molecule has 1 fully saturated rings. The molecule has 5 rings (SSSR count). The largest absolute Gasteiger partial charge is 0.493 e. The summed E-state index contributed by atoms with van der Waals surface area (Å²) in [5.74, 6) is 1.20. The van der Waals surface area contributed by atoms with Gasteiger partial charge in [-0.2, -0.15) is 0 Å². The van der Waals surface area contributed by atoms with E-state index in [4.69, 9.17) is 9.47 Å². The van der Waals surface area contributed by atoms with E-state index in [0.717, 1.165) is 40.9 Å². The molecule has 1 saturated heterocycles. The lowest BCUT2D eigenvalue weighted by atomic mass is 10.0. The van der Waals surface area contributed by atoms with Crippen molar-refractivity contribution in [2.24, 2.45) is 0 Å². The Balaban J connectivity index is 1.39. The van der Waals surface area contributed by atoms with E-state index in [0.29, 0.717) is 36.8 Å². The van der Waals surface area contributed by atoms with Gasteiger partial charge >= 0.3 is 0 Å². The van der Waals surface area contributed by atoms with Gasteiger partial charge in [0.1, 0.15) is 5.75 Å². The number of hydrogen-bond acceptors (Lipinski definition) is 6. The van der Waals surface area contributed by atoms with Crippen LogP contribution in [0.25, 0.3) is 22.0 Å². The highest BCUT2D eigenvalue weighted by Crippen LogP contribution is 2.30. The van der Waals surface area contributed by atoms with Crippen molar-refractivity contribution in [2.45, 2.75) is 6.92 Å². The van der Waals surface area contributed by atoms with Crippen molar-refractivity contribution in [1.82, 2.24) is 10.2 Å². The molecule has 0 bridgehead atoms. The summed E-state index contributed by atoms with van der Waals surface area (Å²) < 4.78 is 11.2. The van der Waals surface area contributed by atoms with Gasteiger partial charge in [0.25, 0.3) is 5.91 Å². The van der Waals surface area contributed by atoms with Gasteiger partial charge in [-0.1, -0.05) is 42.5 Å². The van der Waals surface area contributed by atoms with E-state index in [1.165, 1.54) is 0 Å². The molecule has 1 N–H and O–H groups in total. The molecular formula is C27H26N4O3. The monoisotopic (exact) mass is 454 g/mol. The maximum Gasteiger partial charge on any atom is 0.260 e. The Morgan fingerprint density at radius 1 is 1.00 bits per heavy atom. The van der Waals surface area contributed by atoms with Crippen molar-refractivity contribution in [3.8, 4) is 17.0 Å². The average molecular weight is 455 g/mol. The van der Waals surface area contributed by atoms with Crippen LogP contribution in [0.3, 0.4) is 0 Å². The van der Waals surface area contributed by atoms with E-state index in [9.17, 15) is 4.79 Å². The number of ether oxygens (including phenoxy) is 2. The van der Waals surface area contributed by atoms with E-state index >= 15 is 0 Å². The fourth-order valence-corrected chi connectivity index (χ4v) is 4.15. The van der Waals surface area contributed by atoms with Gasteiger partial charge in [0, 0.05) is 24.3 Å². The molecule has 0 spiro atoms. The molecule has 1 aliphatic rings. The van der Waals surface area contributed by atoms with Gasteiger partial charge in [-0.3, -0.25) is 4.79 Å². The second-order valence-electron chi connectivity index (χ2n) is 8.00. The molecular weight excluding hydrogens is 428 g/mol. The first-order valence-corrected chi connectivity index (χ1v) is 11.5. The van der Waals surface area contributed by atoms with Crippen molar-refractivity contribution in [3.05, 3.63) is 78.4 Å². The molecule has 7 nitrogen and oxygen atoms in total. The average Bonchev–Trinajstić information content (AvgIpc) is 2.89. The number of anilines is 2. The fraction of sp³-hybridized carbons (Fsp3) is 0.222. The lowest BCUT2D eigenvalue weighted by Crippen LogP contribution is -2.36. The molecule has 0 radical (unpaired) electrons. The highest BCUT2D eigenvalue weighted by atomic mass is 16.5. The molecule has 0 atom stereocenters. The Morgan fingerprint density at radius 3 is 2.65 bits per heavy atom. The van der Waals surface area contributed by atoms with E-state index in [1.54, 1.807) is 0 Å². The Labute approximate surface area is 198 Å². The van der Waals surface area contributed by atoms with Crippen LogP contribution in [-0.4, -0.2) is 49.0 Å². The zero-order valence-electron chi connectivity index (χ0n) is 19.0. The zero-order chi connectivity index (χ0) is 23.3. The minimum atomic E-state index is -0.217. The second-order valence-corrected chi connectivity index (χ2v) is 8.00. The van der Waals surface area contributed by atoms with Gasteiger partial charge in [0.15, 0.2) is 5.82 Å². The Morgan fingerprint density at radius 2 is 1.85 bits per heavy atom. The number of hydrogen-bond donors (Lipinski definition) is 1. The van der Waals surface area contributed by atoms with Crippen molar-refractivity contribution >= 4 is 28.2 Å². The molecule has 0 saturated carbocycles. The van der Waals surface area contributed by atoms with E-state index < -0.39 is 0 Å². The lowest BCUT2D eigenvalue weighted by molar-refractivity contribution is 0.102. The number of nitrogens with one attached hydrogen (secondary N) is 1. The highest BCUT2D eigenvalue weighted by Gasteiger charge is 2.18. The van der Waals surface area contributed by atoms with Crippen molar-refractivity contribution in [3.63, 3.8) is 0 Å². The minimum Gasteiger partial charge on any atom is -0.493 e. The van der Waals surface area contributed by atoms with Crippen LogP contribution in [0.2, 0.25) is 0 Å². The number of fused-ring (bicyclic) bond motifs is 1. The van der Waals surface area contributed by atoms with Crippen LogP contribution >= 0.6 is 0 Å². The normalized spacial score (nSPS) is 13.6. The van der Waals surface area contributed by atoms with Gasteiger partial charge in [-0.05, 0) is 48.0 Å². The molecule has 1 amide bonds. The van der Waals surface area contributed by atoms with Gasteiger partial charge in [0.2, 0.25) is 0 Å². The summed E-state index contributed by atoms with van der Waals surface area (Å²) in [5.41, 5.74) is 2.83. The van der Waals surface area contributed by atoms with Crippen LogP contribution in [0.15, 0.2) is 72.8 Å². The number of morpholine rings is 1. The quantitative estimate of drug-likeness (QED) is 0.452. The smallest absolute Gasteiger partial charge is 0.260 e. The van der Waals surface area contributed by atoms with Crippen LogP contribution in [0.1, 0.15) is 17.3 Å². The highest BCUT2D eigenvalue weighted by molar-refractivity contribution is 6.15. The zero-order valence-corrected chi connectivity index (χ0v) is 19.0. The summed E-state index contributed by atoms with van der Waals surface area (Å²) in [6.07, 6.45) is 0.